The van der Waals surface area contributed by atoms with Crippen LogP contribution in [0.15, 0.2) is 24.3 Å². The minimum absolute atomic E-state index is 0.0505. The molecule has 1 saturated heterocycles. The lowest BCUT2D eigenvalue weighted by molar-refractivity contribution is 0.0578. The zero-order valence-corrected chi connectivity index (χ0v) is 11.4. The van der Waals surface area contributed by atoms with Crippen LogP contribution in [0.25, 0.3) is 0 Å². The van der Waals surface area contributed by atoms with E-state index in [2.05, 4.69) is 0 Å². The first-order valence-corrected chi connectivity index (χ1v) is 7.35. The van der Waals surface area contributed by atoms with E-state index in [9.17, 15) is 9.90 Å². The first-order chi connectivity index (χ1) is 10.2. The van der Waals surface area contributed by atoms with Gasteiger partial charge in [-0.25, -0.2) is 0 Å². The van der Waals surface area contributed by atoms with Crippen LogP contribution in [0.5, 0.6) is 11.5 Å². The van der Waals surface area contributed by atoms with Gasteiger partial charge in [0.25, 0.3) is 5.91 Å². The topological polar surface area (TPSA) is 59.0 Å². The molecule has 1 aromatic rings. The predicted octanol–water partition coefficient (Wildman–Crippen LogP) is 1.27. The molecule has 5 heteroatoms. The third-order valence-electron chi connectivity index (χ3n) is 5.22. The number of amides is 1. The van der Waals surface area contributed by atoms with Crippen LogP contribution in [0.4, 0.5) is 0 Å². The summed E-state index contributed by atoms with van der Waals surface area (Å²) in [5.41, 5.74) is 1.71. The van der Waals surface area contributed by atoms with Crippen molar-refractivity contribution in [3.8, 4) is 11.5 Å². The first kappa shape index (κ1) is 11.6. The highest BCUT2D eigenvalue weighted by atomic mass is 16.7. The minimum atomic E-state index is -0.445. The molecule has 4 atom stereocenters. The minimum Gasteiger partial charge on any atom is -0.454 e. The number of carbonyl (C=O) groups is 1. The summed E-state index contributed by atoms with van der Waals surface area (Å²) in [6.45, 7) is 0.929. The molecule has 3 aliphatic heterocycles. The molecule has 5 rings (SSSR count). The standard InChI is InChI=1S/C16H15NO4/c18-12-2-1-8-10-5-13-14(21-7-20-13)6-11(10)16(19)17-4-3-9(12)15(8)17/h1-2,5-6,8-9,12,15,18H,3-4,7H2/t8-,9+,12+,15-/m0/s1. The molecule has 0 saturated carbocycles. The highest BCUT2D eigenvalue weighted by Gasteiger charge is 2.50. The highest BCUT2D eigenvalue weighted by Crippen LogP contribution is 2.49. The number of ether oxygens (including phenoxy) is 2. The molecule has 0 radical (unpaired) electrons. The Morgan fingerprint density at radius 2 is 2.00 bits per heavy atom. The van der Waals surface area contributed by atoms with Crippen molar-refractivity contribution in [2.24, 2.45) is 5.92 Å². The molecule has 1 aromatic carbocycles. The van der Waals surface area contributed by atoms with Gasteiger partial charge in [-0.05, 0) is 24.1 Å². The van der Waals surface area contributed by atoms with Crippen LogP contribution in [0.3, 0.4) is 0 Å². The number of aliphatic hydroxyl groups excluding tert-OH is 1. The number of hydrogen-bond acceptors (Lipinski definition) is 4. The smallest absolute Gasteiger partial charge is 0.254 e. The summed E-state index contributed by atoms with van der Waals surface area (Å²) < 4.78 is 10.8. The van der Waals surface area contributed by atoms with Gasteiger partial charge in [-0.2, -0.15) is 0 Å². The third kappa shape index (κ3) is 1.37. The lowest BCUT2D eigenvalue weighted by atomic mass is 9.73. The second kappa shape index (κ2) is 3.80. The van der Waals surface area contributed by atoms with Crippen LogP contribution in [0, 0.1) is 5.92 Å². The van der Waals surface area contributed by atoms with Gasteiger partial charge in [-0.3, -0.25) is 4.79 Å². The van der Waals surface area contributed by atoms with E-state index in [0.717, 1.165) is 18.5 Å². The SMILES string of the molecule is O=C1c2cc3c(cc2[C@@H]2C=C[C@@H](O)[C@H]4CCN1[C@H]42)OCO3. The Kier molecular flexibility index (Phi) is 2.10. The average Bonchev–Trinajstić information content (AvgIpc) is 3.12. The lowest BCUT2D eigenvalue weighted by Crippen LogP contribution is -2.49. The molecule has 4 aliphatic rings. The van der Waals surface area contributed by atoms with Crippen molar-refractivity contribution in [1.29, 1.82) is 0 Å². The van der Waals surface area contributed by atoms with Crippen molar-refractivity contribution >= 4 is 5.91 Å². The van der Waals surface area contributed by atoms with E-state index in [1.54, 1.807) is 0 Å². The normalized spacial score (nSPS) is 34.9. The van der Waals surface area contributed by atoms with Gasteiger partial charge in [0.1, 0.15) is 0 Å². The van der Waals surface area contributed by atoms with E-state index < -0.39 is 6.10 Å². The summed E-state index contributed by atoms with van der Waals surface area (Å²) in [6.07, 6.45) is 4.33. The molecule has 1 amide bonds. The van der Waals surface area contributed by atoms with Gasteiger partial charge in [-0.1, -0.05) is 12.2 Å². The largest absolute Gasteiger partial charge is 0.454 e. The molecule has 1 aliphatic carbocycles. The quantitative estimate of drug-likeness (QED) is 0.729. The third-order valence-corrected chi connectivity index (χ3v) is 5.22. The maximum Gasteiger partial charge on any atom is 0.254 e. The molecule has 1 fully saturated rings. The zero-order valence-electron chi connectivity index (χ0n) is 11.4. The molecule has 21 heavy (non-hydrogen) atoms. The summed E-state index contributed by atoms with van der Waals surface area (Å²) in [5, 5.41) is 10.2. The number of carbonyl (C=O) groups excluding carboxylic acids is 1. The number of fused-ring (bicyclic) bond motifs is 3. The second-order valence-electron chi connectivity index (χ2n) is 6.14. The van der Waals surface area contributed by atoms with Gasteiger partial charge in [0.2, 0.25) is 6.79 Å². The van der Waals surface area contributed by atoms with Crippen molar-refractivity contribution in [3.63, 3.8) is 0 Å². The average molecular weight is 285 g/mol. The number of nitrogens with zero attached hydrogens (tertiary/aromatic N) is 1. The molecule has 5 nitrogen and oxygen atoms in total. The Morgan fingerprint density at radius 3 is 2.86 bits per heavy atom. The van der Waals surface area contributed by atoms with Crippen LogP contribution < -0.4 is 9.47 Å². The summed E-state index contributed by atoms with van der Waals surface area (Å²) in [4.78, 5) is 14.7. The van der Waals surface area contributed by atoms with Gasteiger partial charge >= 0.3 is 0 Å². The zero-order chi connectivity index (χ0) is 14.1. The predicted molar refractivity (Wildman–Crippen MR) is 73.4 cm³/mol. The van der Waals surface area contributed by atoms with Crippen LogP contribution in [0.2, 0.25) is 0 Å². The number of benzene rings is 1. The lowest BCUT2D eigenvalue weighted by Gasteiger charge is -2.42. The number of rotatable bonds is 0. The molecular weight excluding hydrogens is 270 g/mol. The summed E-state index contributed by atoms with van der Waals surface area (Å²) in [7, 11) is 0. The highest BCUT2D eigenvalue weighted by molar-refractivity contribution is 5.99. The van der Waals surface area contributed by atoms with E-state index in [1.165, 1.54) is 0 Å². The molecular formula is C16H15NO4. The molecule has 0 aromatic heterocycles. The molecule has 108 valence electrons. The summed E-state index contributed by atoms with van der Waals surface area (Å²) in [5.74, 6) is 1.69. The van der Waals surface area contributed by atoms with Crippen molar-refractivity contribution in [1.82, 2.24) is 4.90 Å². The number of aliphatic hydroxyl groups is 1. The van der Waals surface area contributed by atoms with E-state index in [1.807, 2.05) is 29.2 Å². The molecule has 1 N–H and O–H groups in total. The Balaban J connectivity index is 1.73. The van der Waals surface area contributed by atoms with Crippen molar-refractivity contribution in [2.75, 3.05) is 13.3 Å². The van der Waals surface area contributed by atoms with Crippen molar-refractivity contribution in [3.05, 3.63) is 35.4 Å². The van der Waals surface area contributed by atoms with Crippen molar-refractivity contribution in [2.45, 2.75) is 24.5 Å². The van der Waals surface area contributed by atoms with Crippen molar-refractivity contribution < 1.29 is 19.4 Å². The second-order valence-corrected chi connectivity index (χ2v) is 6.14. The molecule has 0 spiro atoms. The van der Waals surface area contributed by atoms with Crippen LogP contribution in [-0.4, -0.2) is 41.4 Å². The summed E-state index contributed by atoms with van der Waals surface area (Å²) >= 11 is 0. The maximum absolute atomic E-state index is 12.8. The van der Waals surface area contributed by atoms with E-state index in [4.69, 9.17) is 9.47 Å². The fourth-order valence-electron chi connectivity index (χ4n) is 4.26. The van der Waals surface area contributed by atoms with E-state index >= 15 is 0 Å². The molecule has 0 bridgehead atoms. The van der Waals surface area contributed by atoms with Gasteiger partial charge in [0.15, 0.2) is 11.5 Å². The fraction of sp³-hybridized carbons (Fsp3) is 0.438. The number of hydrogen-bond donors (Lipinski definition) is 1. The van der Waals surface area contributed by atoms with Crippen LogP contribution in [-0.2, 0) is 0 Å². The van der Waals surface area contributed by atoms with Crippen LogP contribution in [0.1, 0.15) is 28.3 Å². The van der Waals surface area contributed by atoms with Gasteiger partial charge in [0, 0.05) is 30.0 Å². The fourth-order valence-corrected chi connectivity index (χ4v) is 4.26. The Morgan fingerprint density at radius 1 is 1.19 bits per heavy atom. The summed E-state index contributed by atoms with van der Waals surface area (Å²) in [6, 6.07) is 3.82. The van der Waals surface area contributed by atoms with E-state index in [-0.39, 0.29) is 30.6 Å². The van der Waals surface area contributed by atoms with Crippen LogP contribution >= 0.6 is 0 Å². The first-order valence-electron chi connectivity index (χ1n) is 7.35. The van der Waals surface area contributed by atoms with E-state index in [0.29, 0.717) is 17.1 Å². The van der Waals surface area contributed by atoms with Gasteiger partial charge in [0.05, 0.1) is 6.10 Å². The van der Waals surface area contributed by atoms with Gasteiger partial charge in [-0.15, -0.1) is 0 Å². The Bertz CT molecular complexity index is 683. The Hall–Kier alpha value is -2.01. The molecule has 3 heterocycles. The molecule has 0 unspecified atom stereocenters. The monoisotopic (exact) mass is 285 g/mol. The Labute approximate surface area is 121 Å². The maximum atomic E-state index is 12.8. The van der Waals surface area contributed by atoms with Gasteiger partial charge < -0.3 is 19.5 Å².